The summed E-state index contributed by atoms with van der Waals surface area (Å²) in [6.07, 6.45) is 1.87. The highest BCUT2D eigenvalue weighted by Crippen LogP contribution is 2.23. The molecule has 2 aromatic rings. The number of piperidine rings is 1. The first-order chi connectivity index (χ1) is 13.0. The molecule has 4 heteroatoms. The first-order valence-corrected chi connectivity index (χ1v) is 9.65. The highest BCUT2D eigenvalue weighted by Gasteiger charge is 2.27. The Hall–Kier alpha value is -2.62. The number of anilines is 1. The van der Waals surface area contributed by atoms with Crippen LogP contribution in [-0.2, 0) is 16.0 Å². The Morgan fingerprint density at radius 1 is 0.963 bits per heavy atom. The molecule has 0 aliphatic carbocycles. The molecule has 1 fully saturated rings. The maximum Gasteiger partial charge on any atom is 0.227 e. The molecular weight excluding hydrogens is 336 g/mol. The number of nitrogens with one attached hydrogen (secondary N) is 1. The number of amides is 2. The van der Waals surface area contributed by atoms with Crippen LogP contribution in [0.3, 0.4) is 0 Å². The van der Waals surface area contributed by atoms with Crippen molar-refractivity contribution in [1.82, 2.24) is 4.90 Å². The molecule has 0 radical (unpaired) electrons. The summed E-state index contributed by atoms with van der Waals surface area (Å²) in [6.45, 7) is 7.40. The first-order valence-electron chi connectivity index (χ1n) is 9.65. The van der Waals surface area contributed by atoms with Crippen molar-refractivity contribution in [3.05, 3.63) is 64.7 Å². The van der Waals surface area contributed by atoms with E-state index in [1.54, 1.807) is 0 Å². The third-order valence-corrected chi connectivity index (χ3v) is 5.68. The van der Waals surface area contributed by atoms with E-state index >= 15 is 0 Å². The number of carbonyl (C=O) groups excluding carboxylic acids is 2. The van der Waals surface area contributed by atoms with E-state index in [-0.39, 0.29) is 17.7 Å². The molecule has 2 amide bonds. The topological polar surface area (TPSA) is 49.4 Å². The van der Waals surface area contributed by atoms with Crippen LogP contribution in [0, 0.1) is 26.7 Å². The van der Waals surface area contributed by atoms with Crippen LogP contribution in [0.5, 0.6) is 0 Å². The van der Waals surface area contributed by atoms with Crippen LogP contribution in [0.1, 0.15) is 35.1 Å². The number of hydrogen-bond acceptors (Lipinski definition) is 2. The summed E-state index contributed by atoms with van der Waals surface area (Å²) in [7, 11) is 0. The van der Waals surface area contributed by atoms with Crippen LogP contribution in [0.2, 0.25) is 0 Å². The Balaban J connectivity index is 1.54. The quantitative estimate of drug-likeness (QED) is 0.890. The molecule has 142 valence electrons. The van der Waals surface area contributed by atoms with Crippen LogP contribution in [0.4, 0.5) is 5.69 Å². The summed E-state index contributed by atoms with van der Waals surface area (Å²) < 4.78 is 0. The van der Waals surface area contributed by atoms with Crippen molar-refractivity contribution < 1.29 is 9.59 Å². The number of nitrogens with zero attached hydrogens (tertiary/aromatic N) is 1. The number of aryl methyl sites for hydroxylation is 2. The zero-order valence-electron chi connectivity index (χ0n) is 16.4. The fraction of sp³-hybridized carbons (Fsp3) is 0.391. The number of likely N-dealkylation sites (tertiary alicyclic amines) is 1. The lowest BCUT2D eigenvalue weighted by Crippen LogP contribution is -2.42. The molecule has 1 saturated heterocycles. The van der Waals surface area contributed by atoms with Crippen LogP contribution < -0.4 is 5.32 Å². The van der Waals surface area contributed by atoms with Gasteiger partial charge in [-0.3, -0.25) is 9.59 Å². The fourth-order valence-corrected chi connectivity index (χ4v) is 3.60. The van der Waals surface area contributed by atoms with E-state index < -0.39 is 0 Å². The first kappa shape index (κ1) is 19.2. The Morgan fingerprint density at radius 2 is 1.63 bits per heavy atom. The lowest BCUT2D eigenvalue weighted by Gasteiger charge is -2.31. The molecule has 2 aromatic carbocycles. The van der Waals surface area contributed by atoms with Gasteiger partial charge in [0.2, 0.25) is 11.8 Å². The highest BCUT2D eigenvalue weighted by molar-refractivity contribution is 5.93. The lowest BCUT2D eigenvalue weighted by atomic mass is 9.94. The van der Waals surface area contributed by atoms with Crippen molar-refractivity contribution in [2.75, 3.05) is 18.4 Å². The van der Waals surface area contributed by atoms with Crippen LogP contribution in [0.25, 0.3) is 0 Å². The minimum Gasteiger partial charge on any atom is -0.342 e. The van der Waals surface area contributed by atoms with Gasteiger partial charge in [0.1, 0.15) is 0 Å². The standard InChI is InChI=1S/C23H28N2O2/c1-16-8-6-10-21(18(16)3)24-23(27)19-11-13-25(14-12-19)22(26)15-20-9-5-4-7-17(20)2/h4-10,19H,11-15H2,1-3H3,(H,24,27). The minimum absolute atomic E-state index is 0.0348. The molecule has 0 aromatic heterocycles. The fourth-order valence-electron chi connectivity index (χ4n) is 3.60. The molecule has 0 bridgehead atoms. The monoisotopic (exact) mass is 364 g/mol. The maximum atomic E-state index is 12.6. The van der Waals surface area contributed by atoms with Crippen molar-refractivity contribution in [3.63, 3.8) is 0 Å². The van der Waals surface area contributed by atoms with Crippen molar-refractivity contribution >= 4 is 17.5 Å². The molecule has 4 nitrogen and oxygen atoms in total. The predicted molar refractivity (Wildman–Crippen MR) is 109 cm³/mol. The largest absolute Gasteiger partial charge is 0.342 e. The van der Waals surface area contributed by atoms with Gasteiger partial charge in [0.25, 0.3) is 0 Å². The zero-order chi connectivity index (χ0) is 19.4. The molecule has 3 rings (SSSR count). The lowest BCUT2D eigenvalue weighted by molar-refractivity contribution is -0.133. The smallest absolute Gasteiger partial charge is 0.227 e. The number of rotatable bonds is 4. The average molecular weight is 364 g/mol. The SMILES string of the molecule is Cc1ccccc1CC(=O)N1CCC(C(=O)Nc2cccc(C)c2C)CC1. The van der Waals surface area contributed by atoms with Gasteiger partial charge >= 0.3 is 0 Å². The van der Waals surface area contributed by atoms with Gasteiger partial charge in [0.15, 0.2) is 0 Å². The van der Waals surface area contributed by atoms with E-state index in [4.69, 9.17) is 0 Å². The van der Waals surface area contributed by atoms with Gasteiger partial charge in [-0.2, -0.15) is 0 Å². The second-order valence-electron chi connectivity index (χ2n) is 7.50. The van der Waals surface area contributed by atoms with Crippen LogP contribution >= 0.6 is 0 Å². The number of carbonyl (C=O) groups is 2. The van der Waals surface area contributed by atoms with Gasteiger partial charge in [-0.25, -0.2) is 0 Å². The number of benzene rings is 2. The van der Waals surface area contributed by atoms with Gasteiger partial charge < -0.3 is 10.2 Å². The second kappa shape index (κ2) is 8.38. The van der Waals surface area contributed by atoms with Crippen LogP contribution in [0.15, 0.2) is 42.5 Å². The summed E-state index contributed by atoms with van der Waals surface area (Å²) in [4.78, 5) is 27.1. The van der Waals surface area contributed by atoms with Gasteiger partial charge in [-0.05, 0) is 61.9 Å². The van der Waals surface area contributed by atoms with Crippen molar-refractivity contribution in [1.29, 1.82) is 0 Å². The van der Waals surface area contributed by atoms with E-state index in [1.165, 1.54) is 5.56 Å². The normalized spacial score (nSPS) is 14.9. The molecule has 1 aliphatic heterocycles. The minimum atomic E-state index is -0.0348. The van der Waals surface area contributed by atoms with Crippen molar-refractivity contribution in [3.8, 4) is 0 Å². The average Bonchev–Trinajstić information content (AvgIpc) is 2.67. The Labute approximate surface area is 161 Å². The Bertz CT molecular complexity index is 836. The predicted octanol–water partition coefficient (Wildman–Crippen LogP) is 4.03. The summed E-state index contributed by atoms with van der Waals surface area (Å²) in [5.41, 5.74) is 5.39. The molecule has 0 spiro atoms. The van der Waals surface area contributed by atoms with Crippen molar-refractivity contribution in [2.24, 2.45) is 5.92 Å². The molecule has 1 heterocycles. The highest BCUT2D eigenvalue weighted by atomic mass is 16.2. The van der Waals surface area contributed by atoms with E-state index in [0.29, 0.717) is 19.5 Å². The van der Waals surface area contributed by atoms with Gasteiger partial charge in [0, 0.05) is 24.7 Å². The molecule has 0 atom stereocenters. The Kier molecular flexibility index (Phi) is 5.94. The molecule has 1 aliphatic rings. The van der Waals surface area contributed by atoms with Gasteiger partial charge in [-0.1, -0.05) is 36.4 Å². The third kappa shape index (κ3) is 4.57. The van der Waals surface area contributed by atoms with E-state index in [0.717, 1.165) is 35.2 Å². The second-order valence-corrected chi connectivity index (χ2v) is 7.50. The van der Waals surface area contributed by atoms with E-state index in [2.05, 4.69) is 5.32 Å². The van der Waals surface area contributed by atoms with Gasteiger partial charge in [0.05, 0.1) is 6.42 Å². The zero-order valence-corrected chi connectivity index (χ0v) is 16.4. The molecular formula is C23H28N2O2. The van der Waals surface area contributed by atoms with E-state index in [9.17, 15) is 9.59 Å². The molecule has 1 N–H and O–H groups in total. The number of hydrogen-bond donors (Lipinski definition) is 1. The van der Waals surface area contributed by atoms with Crippen LogP contribution in [-0.4, -0.2) is 29.8 Å². The van der Waals surface area contributed by atoms with Gasteiger partial charge in [-0.15, -0.1) is 0 Å². The summed E-state index contributed by atoms with van der Waals surface area (Å²) in [6, 6.07) is 14.0. The maximum absolute atomic E-state index is 12.6. The summed E-state index contributed by atoms with van der Waals surface area (Å²) in [5.74, 6) is 0.180. The molecule has 0 unspecified atom stereocenters. The third-order valence-electron chi connectivity index (χ3n) is 5.68. The Morgan fingerprint density at radius 3 is 2.33 bits per heavy atom. The van der Waals surface area contributed by atoms with E-state index in [1.807, 2.05) is 68.1 Å². The summed E-state index contributed by atoms with van der Waals surface area (Å²) >= 11 is 0. The van der Waals surface area contributed by atoms with Crippen molar-refractivity contribution in [2.45, 2.75) is 40.0 Å². The molecule has 27 heavy (non-hydrogen) atoms. The molecule has 0 saturated carbocycles. The summed E-state index contributed by atoms with van der Waals surface area (Å²) in [5, 5.41) is 3.07.